The van der Waals surface area contributed by atoms with Crippen molar-refractivity contribution in [1.29, 1.82) is 0 Å². The molecule has 1 aromatic heterocycles. The highest BCUT2D eigenvalue weighted by Gasteiger charge is 2.13. The van der Waals surface area contributed by atoms with Gasteiger partial charge in [0.15, 0.2) is 5.13 Å². The fourth-order valence-electron chi connectivity index (χ4n) is 4.86. The van der Waals surface area contributed by atoms with E-state index in [-0.39, 0.29) is 23.4 Å². The summed E-state index contributed by atoms with van der Waals surface area (Å²) in [6, 6.07) is 0. The maximum absolute atomic E-state index is 10.7. The molecular weight excluding hydrogens is 619 g/mol. The summed E-state index contributed by atoms with van der Waals surface area (Å²) in [5, 5.41) is 5.02. The number of hydrogen-bond donors (Lipinski definition) is 1. The molecule has 6 rings (SSSR count). The van der Waals surface area contributed by atoms with E-state index < -0.39 is 0 Å². The molecule has 4 aliphatic carbocycles. The number of nitrogens with one attached hydrogen (secondary N) is 1. The Morgan fingerprint density at radius 2 is 0.938 bits per heavy atom. The minimum absolute atomic E-state index is 0.0787. The monoisotopic (exact) mass is 694 g/mol. The van der Waals surface area contributed by atoms with Crippen LogP contribution in [-0.4, -0.2) is 46.4 Å². The number of hydrogen-bond acceptors (Lipinski definition) is 6. The molecule has 48 heavy (non-hydrogen) atoms. The Balaban J connectivity index is 0. The summed E-state index contributed by atoms with van der Waals surface area (Å²) >= 11 is 1.41. The van der Waals surface area contributed by atoms with Gasteiger partial charge in [0.2, 0.25) is 11.8 Å². The Hall–Kier alpha value is -2.09. The predicted molar refractivity (Wildman–Crippen MR) is 207 cm³/mol. The van der Waals surface area contributed by atoms with Crippen LogP contribution >= 0.6 is 11.3 Å². The number of anilines is 1. The molecule has 1 saturated heterocycles. The number of nitrogens with zero attached hydrogens (tertiary/aromatic N) is 2. The van der Waals surface area contributed by atoms with Crippen molar-refractivity contribution in [3.8, 4) is 0 Å². The van der Waals surface area contributed by atoms with Crippen molar-refractivity contribution < 1.29 is 19.2 Å². The van der Waals surface area contributed by atoms with Gasteiger partial charge in [-0.15, -0.1) is 11.3 Å². The van der Waals surface area contributed by atoms with Gasteiger partial charge in [-0.05, 0) is 70.6 Å². The van der Waals surface area contributed by atoms with E-state index >= 15 is 0 Å². The highest BCUT2D eigenvalue weighted by atomic mass is 32.1. The summed E-state index contributed by atoms with van der Waals surface area (Å²) in [4.78, 5) is 45.7. The van der Waals surface area contributed by atoms with Crippen molar-refractivity contribution in [2.75, 3.05) is 18.4 Å². The van der Waals surface area contributed by atoms with Gasteiger partial charge in [0.05, 0.1) is 0 Å². The van der Waals surface area contributed by atoms with Gasteiger partial charge in [-0.25, -0.2) is 4.98 Å². The third-order valence-electron chi connectivity index (χ3n) is 8.31. The first-order chi connectivity index (χ1) is 22.6. The van der Waals surface area contributed by atoms with Gasteiger partial charge in [-0.3, -0.25) is 9.59 Å². The van der Waals surface area contributed by atoms with Crippen molar-refractivity contribution in [2.24, 2.45) is 23.7 Å². The number of carbonyl (C=O) groups excluding carboxylic acids is 4. The molecule has 0 aromatic carbocycles. The van der Waals surface area contributed by atoms with Crippen molar-refractivity contribution in [3.05, 3.63) is 11.6 Å². The van der Waals surface area contributed by atoms with Crippen molar-refractivity contribution >= 4 is 39.8 Å². The first-order valence-corrected chi connectivity index (χ1v) is 19.9. The van der Waals surface area contributed by atoms with Crippen molar-refractivity contribution in [3.63, 3.8) is 0 Å². The van der Waals surface area contributed by atoms with E-state index in [4.69, 9.17) is 0 Å². The standard InChI is InChI=1S/C7H13NO.C7H14.C6H12.C5H6N2OS.C5H10.C4H8.2C3H6O/c1-7(9)8-5-3-2-4-6-8;1-7-5-3-2-4-6-7;1-6-4-2-3-5-6;1-4(8)7-5-6-2-3-9-5;1-5-3-2-4-5;1-4-2-3-4;2*1-3(2)4/h2-6H2,1H3;7H,2-6H2,1H3;6H,2-5H2,1H3;2-3H,1H3,(H,6,7,8);5H,2-4H2,1H3;4H,2-3H2,1H3;2*1-2H3. The molecule has 280 valence electrons. The number of amides is 2. The van der Waals surface area contributed by atoms with E-state index in [1.54, 1.807) is 13.1 Å². The Bertz CT molecular complexity index is 891. The second-order valence-electron chi connectivity index (χ2n) is 14.8. The Morgan fingerprint density at radius 3 is 1.12 bits per heavy atom. The maximum atomic E-state index is 10.7. The summed E-state index contributed by atoms with van der Waals surface area (Å²) < 4.78 is 0. The number of rotatable bonds is 1. The SMILES string of the molecule is CC(=O)N1CCCCC1.CC(=O)Nc1nccs1.CC(C)=O.CC(C)=O.CC1CC1.CC1CCC1.CC1CCCC1.CC1CCCCC1. The highest BCUT2D eigenvalue weighted by Crippen LogP contribution is 2.27. The molecule has 5 aliphatic rings. The lowest BCUT2D eigenvalue weighted by atomic mass is 9.88. The molecule has 1 aromatic rings. The Morgan fingerprint density at radius 1 is 0.583 bits per heavy atom. The first kappa shape index (κ1) is 48.0. The zero-order valence-corrected chi connectivity index (χ0v) is 33.7. The summed E-state index contributed by atoms with van der Waals surface area (Å²) in [6.45, 7) is 20.5. The van der Waals surface area contributed by atoms with Gasteiger partial charge in [0, 0.05) is 38.5 Å². The molecule has 1 aliphatic heterocycles. The number of likely N-dealkylation sites (tertiary alicyclic amines) is 1. The zero-order valence-electron chi connectivity index (χ0n) is 32.8. The molecule has 2 amide bonds. The molecule has 0 bridgehead atoms. The molecular formula is C40H75N3O4S. The van der Waals surface area contributed by atoms with E-state index in [9.17, 15) is 19.2 Å². The summed E-state index contributed by atoms with van der Waals surface area (Å²) in [5.74, 6) is 4.72. The zero-order chi connectivity index (χ0) is 36.7. The van der Waals surface area contributed by atoms with Gasteiger partial charge >= 0.3 is 0 Å². The second kappa shape index (κ2) is 32.1. The van der Waals surface area contributed by atoms with Gasteiger partial charge in [0.25, 0.3) is 0 Å². The minimum atomic E-state index is -0.0787. The third-order valence-corrected chi connectivity index (χ3v) is 9.00. The average Bonchev–Trinajstić information content (AvgIpc) is 3.38. The second-order valence-corrected chi connectivity index (χ2v) is 15.6. The lowest BCUT2D eigenvalue weighted by molar-refractivity contribution is -0.129. The van der Waals surface area contributed by atoms with Crippen LogP contribution in [0.2, 0.25) is 0 Å². The van der Waals surface area contributed by atoms with Crippen molar-refractivity contribution in [2.45, 2.75) is 178 Å². The summed E-state index contributed by atoms with van der Waals surface area (Å²) in [7, 11) is 0. The molecule has 8 heteroatoms. The van der Waals surface area contributed by atoms with Crippen LogP contribution < -0.4 is 5.32 Å². The van der Waals surface area contributed by atoms with Crippen LogP contribution in [0.25, 0.3) is 0 Å². The molecule has 0 spiro atoms. The van der Waals surface area contributed by atoms with Crippen LogP contribution in [-0.2, 0) is 19.2 Å². The summed E-state index contributed by atoms with van der Waals surface area (Å²) in [5.41, 5.74) is 0. The fourth-order valence-corrected chi connectivity index (χ4v) is 5.44. The molecule has 0 unspecified atom stereocenters. The lowest BCUT2D eigenvalue weighted by Gasteiger charge is -2.24. The van der Waals surface area contributed by atoms with Gasteiger partial charge < -0.3 is 19.8 Å². The maximum Gasteiger partial charge on any atom is 0.223 e. The number of Topliss-reactive ketones (excluding diaryl/α,β-unsaturated/α-hetero) is 2. The highest BCUT2D eigenvalue weighted by molar-refractivity contribution is 7.13. The number of aromatic nitrogens is 1. The Kier molecular flexibility index (Phi) is 32.2. The number of piperidine rings is 1. The van der Waals surface area contributed by atoms with E-state index in [1.165, 1.54) is 155 Å². The molecule has 2 heterocycles. The normalized spacial score (nSPS) is 18.2. The predicted octanol–water partition coefficient (Wildman–Crippen LogP) is 11.3. The third kappa shape index (κ3) is 40.1. The number of carbonyl (C=O) groups is 4. The van der Waals surface area contributed by atoms with Gasteiger partial charge in [0.1, 0.15) is 11.6 Å². The molecule has 7 nitrogen and oxygen atoms in total. The topological polar surface area (TPSA) is 96.4 Å². The molecule has 1 N–H and O–H groups in total. The molecule has 0 radical (unpaired) electrons. The molecule has 5 fully saturated rings. The van der Waals surface area contributed by atoms with E-state index in [1.807, 2.05) is 10.3 Å². The van der Waals surface area contributed by atoms with E-state index in [0.29, 0.717) is 5.13 Å². The van der Waals surface area contributed by atoms with Crippen LogP contribution in [0.1, 0.15) is 178 Å². The van der Waals surface area contributed by atoms with Crippen LogP contribution in [0, 0.1) is 23.7 Å². The van der Waals surface area contributed by atoms with Crippen LogP contribution in [0.15, 0.2) is 11.6 Å². The lowest BCUT2D eigenvalue weighted by Crippen LogP contribution is -2.33. The minimum Gasteiger partial charge on any atom is -0.343 e. The summed E-state index contributed by atoms with van der Waals surface area (Å²) in [6.07, 6.45) is 26.1. The fraction of sp³-hybridized carbons (Fsp3) is 0.825. The smallest absolute Gasteiger partial charge is 0.223 e. The van der Waals surface area contributed by atoms with Crippen LogP contribution in [0.4, 0.5) is 5.13 Å². The van der Waals surface area contributed by atoms with Crippen LogP contribution in [0.5, 0.6) is 0 Å². The number of ketones is 2. The van der Waals surface area contributed by atoms with E-state index in [0.717, 1.165) is 36.8 Å². The number of thiazole rings is 1. The van der Waals surface area contributed by atoms with Crippen molar-refractivity contribution in [1.82, 2.24) is 9.88 Å². The van der Waals surface area contributed by atoms with E-state index in [2.05, 4.69) is 38.0 Å². The van der Waals surface area contributed by atoms with Gasteiger partial charge in [-0.2, -0.15) is 0 Å². The largest absolute Gasteiger partial charge is 0.343 e. The average molecular weight is 694 g/mol. The molecule has 0 atom stereocenters. The quantitative estimate of drug-likeness (QED) is 0.316. The Labute approximate surface area is 300 Å². The van der Waals surface area contributed by atoms with Gasteiger partial charge in [-0.1, -0.05) is 118 Å². The molecule has 4 saturated carbocycles. The first-order valence-electron chi connectivity index (χ1n) is 19.0. The van der Waals surface area contributed by atoms with Crippen LogP contribution in [0.3, 0.4) is 0 Å².